The Hall–Kier alpha value is -2.05. The summed E-state index contributed by atoms with van der Waals surface area (Å²) in [4.78, 5) is 1.93. The third kappa shape index (κ3) is 5.86. The van der Waals surface area contributed by atoms with Gasteiger partial charge in [-0.05, 0) is 30.8 Å². The molecule has 3 nitrogen and oxygen atoms in total. The van der Waals surface area contributed by atoms with E-state index in [1.807, 2.05) is 42.3 Å². The second-order valence-corrected chi connectivity index (χ2v) is 5.67. The smallest absolute Gasteiger partial charge is 0.416 e. The van der Waals surface area contributed by atoms with Gasteiger partial charge in [-0.2, -0.15) is 13.2 Å². The van der Waals surface area contributed by atoms with Crippen LogP contribution in [0, 0.1) is 0 Å². The van der Waals surface area contributed by atoms with Crippen LogP contribution >= 0.6 is 0 Å². The fourth-order valence-electron chi connectivity index (χ4n) is 2.33. The van der Waals surface area contributed by atoms with Gasteiger partial charge in [-0.1, -0.05) is 36.4 Å². The van der Waals surface area contributed by atoms with Crippen LogP contribution in [0.25, 0.3) is 0 Å². The third-order valence-corrected chi connectivity index (χ3v) is 3.42. The maximum Gasteiger partial charge on any atom is 0.416 e. The van der Waals surface area contributed by atoms with Gasteiger partial charge in [-0.3, -0.25) is 4.90 Å². The zero-order valence-corrected chi connectivity index (χ0v) is 13.3. The molecule has 1 atom stereocenters. The number of likely N-dealkylation sites (N-methyl/N-ethyl adjacent to an activating group) is 1. The zero-order valence-electron chi connectivity index (χ0n) is 13.3. The molecule has 2 aromatic carbocycles. The lowest BCUT2D eigenvalue weighted by Crippen LogP contribution is -2.32. The molecule has 0 aliphatic rings. The molecule has 0 amide bonds. The lowest BCUT2D eigenvalue weighted by molar-refractivity contribution is -0.137. The highest BCUT2D eigenvalue weighted by molar-refractivity contribution is 5.30. The Bertz CT molecular complexity index is 632. The SMILES string of the molecule is CN(Cc1ccccc1)CC(O)COc1cccc(C(F)(F)F)c1. The third-order valence-electron chi connectivity index (χ3n) is 3.42. The fraction of sp³-hybridized carbons (Fsp3) is 0.333. The van der Waals surface area contributed by atoms with E-state index in [4.69, 9.17) is 4.74 Å². The minimum absolute atomic E-state index is 0.0690. The van der Waals surface area contributed by atoms with Crippen molar-refractivity contribution in [2.45, 2.75) is 18.8 Å². The van der Waals surface area contributed by atoms with E-state index >= 15 is 0 Å². The number of aliphatic hydroxyl groups is 1. The quantitative estimate of drug-likeness (QED) is 0.837. The van der Waals surface area contributed by atoms with Crippen molar-refractivity contribution >= 4 is 0 Å². The van der Waals surface area contributed by atoms with Crippen LogP contribution in [-0.2, 0) is 12.7 Å². The van der Waals surface area contributed by atoms with Crippen LogP contribution < -0.4 is 4.74 Å². The molecule has 0 spiro atoms. The molecule has 2 aromatic rings. The Labute approximate surface area is 139 Å². The predicted molar refractivity (Wildman–Crippen MR) is 85.7 cm³/mol. The lowest BCUT2D eigenvalue weighted by atomic mass is 10.2. The maximum atomic E-state index is 12.6. The molecule has 24 heavy (non-hydrogen) atoms. The minimum atomic E-state index is -4.41. The molecule has 0 bridgehead atoms. The van der Waals surface area contributed by atoms with E-state index in [9.17, 15) is 18.3 Å². The highest BCUT2D eigenvalue weighted by atomic mass is 19.4. The summed E-state index contributed by atoms with van der Waals surface area (Å²) >= 11 is 0. The van der Waals surface area contributed by atoms with Crippen molar-refractivity contribution in [1.29, 1.82) is 0 Å². The normalized spacial score (nSPS) is 13.1. The van der Waals surface area contributed by atoms with Crippen molar-refractivity contribution < 1.29 is 23.0 Å². The highest BCUT2D eigenvalue weighted by Gasteiger charge is 2.30. The molecule has 0 radical (unpaired) electrons. The maximum absolute atomic E-state index is 12.6. The number of hydrogen-bond donors (Lipinski definition) is 1. The predicted octanol–water partition coefficient (Wildman–Crippen LogP) is 3.58. The summed E-state index contributed by atoms with van der Waals surface area (Å²) in [6.07, 6.45) is -5.21. The molecule has 0 aliphatic carbocycles. The molecule has 2 rings (SSSR count). The van der Waals surface area contributed by atoms with Gasteiger partial charge in [0, 0.05) is 13.1 Å². The van der Waals surface area contributed by atoms with Gasteiger partial charge in [-0.25, -0.2) is 0 Å². The van der Waals surface area contributed by atoms with Gasteiger partial charge in [0.05, 0.1) is 5.56 Å². The molecule has 1 unspecified atom stereocenters. The van der Waals surface area contributed by atoms with Crippen molar-refractivity contribution in [3.05, 3.63) is 65.7 Å². The van der Waals surface area contributed by atoms with Crippen molar-refractivity contribution in [2.24, 2.45) is 0 Å². The first kappa shape index (κ1) is 18.3. The molecule has 130 valence electrons. The van der Waals surface area contributed by atoms with Crippen molar-refractivity contribution in [3.8, 4) is 5.75 Å². The van der Waals surface area contributed by atoms with E-state index in [0.717, 1.165) is 17.7 Å². The first-order valence-corrected chi connectivity index (χ1v) is 7.55. The largest absolute Gasteiger partial charge is 0.491 e. The van der Waals surface area contributed by atoms with Gasteiger partial charge in [0.1, 0.15) is 18.5 Å². The van der Waals surface area contributed by atoms with Crippen LogP contribution in [-0.4, -0.2) is 36.3 Å². The average molecular weight is 339 g/mol. The van der Waals surface area contributed by atoms with Crippen molar-refractivity contribution in [3.63, 3.8) is 0 Å². The monoisotopic (exact) mass is 339 g/mol. The number of hydrogen-bond acceptors (Lipinski definition) is 3. The number of benzene rings is 2. The zero-order chi connectivity index (χ0) is 17.6. The topological polar surface area (TPSA) is 32.7 Å². The second-order valence-electron chi connectivity index (χ2n) is 5.67. The standard InChI is InChI=1S/C18H20F3NO2/c1-22(11-14-6-3-2-4-7-14)12-16(23)13-24-17-9-5-8-15(10-17)18(19,20)21/h2-10,16,23H,11-13H2,1H3. The van der Waals surface area contributed by atoms with Gasteiger partial charge < -0.3 is 9.84 Å². The molecule has 1 N–H and O–H groups in total. The Morgan fingerprint density at radius 2 is 1.79 bits per heavy atom. The number of aliphatic hydroxyl groups excluding tert-OH is 1. The molecule has 0 aliphatic heterocycles. The van der Waals surface area contributed by atoms with E-state index in [1.54, 1.807) is 0 Å². The number of rotatable bonds is 7. The van der Waals surface area contributed by atoms with E-state index < -0.39 is 17.8 Å². The summed E-state index contributed by atoms with van der Waals surface area (Å²) in [5.74, 6) is 0.0922. The summed E-state index contributed by atoms with van der Waals surface area (Å²) in [5.41, 5.74) is 0.349. The van der Waals surface area contributed by atoms with Gasteiger partial charge >= 0.3 is 6.18 Å². The molecular weight excluding hydrogens is 319 g/mol. The average Bonchev–Trinajstić information content (AvgIpc) is 2.53. The van der Waals surface area contributed by atoms with E-state index in [-0.39, 0.29) is 12.4 Å². The van der Waals surface area contributed by atoms with Crippen molar-refractivity contribution in [1.82, 2.24) is 4.90 Å². The lowest BCUT2D eigenvalue weighted by Gasteiger charge is -2.21. The molecule has 0 saturated carbocycles. The number of ether oxygens (including phenoxy) is 1. The molecule has 0 fully saturated rings. The summed E-state index contributed by atoms with van der Waals surface area (Å²) in [6, 6.07) is 14.4. The van der Waals surface area contributed by atoms with Gasteiger partial charge in [-0.15, -0.1) is 0 Å². The number of halogens is 3. The van der Waals surface area contributed by atoms with Crippen LogP contribution in [0.4, 0.5) is 13.2 Å². The van der Waals surface area contributed by atoms with Crippen molar-refractivity contribution in [2.75, 3.05) is 20.2 Å². The summed E-state index contributed by atoms with van der Waals surface area (Å²) in [5, 5.41) is 10.00. The van der Waals surface area contributed by atoms with Gasteiger partial charge in [0.15, 0.2) is 0 Å². The Morgan fingerprint density at radius 3 is 2.46 bits per heavy atom. The first-order valence-electron chi connectivity index (χ1n) is 7.55. The molecule has 0 heterocycles. The minimum Gasteiger partial charge on any atom is -0.491 e. The first-order chi connectivity index (χ1) is 11.3. The Balaban J connectivity index is 1.81. The van der Waals surface area contributed by atoms with Crippen LogP contribution in [0.1, 0.15) is 11.1 Å². The second kappa shape index (κ2) is 8.17. The van der Waals surface area contributed by atoms with E-state index in [2.05, 4.69) is 0 Å². The Morgan fingerprint density at radius 1 is 1.08 bits per heavy atom. The Kier molecular flexibility index (Phi) is 6.23. The summed E-state index contributed by atoms with van der Waals surface area (Å²) in [7, 11) is 1.86. The van der Waals surface area contributed by atoms with Crippen LogP contribution in [0.5, 0.6) is 5.75 Å². The fourth-order valence-corrected chi connectivity index (χ4v) is 2.33. The van der Waals surface area contributed by atoms with Crippen LogP contribution in [0.15, 0.2) is 54.6 Å². The van der Waals surface area contributed by atoms with Crippen LogP contribution in [0.2, 0.25) is 0 Å². The van der Waals surface area contributed by atoms with Gasteiger partial charge in [0.2, 0.25) is 0 Å². The summed E-state index contributed by atoms with van der Waals surface area (Å²) < 4.78 is 43.2. The molecule has 0 aromatic heterocycles. The van der Waals surface area contributed by atoms with E-state index in [1.165, 1.54) is 12.1 Å². The van der Waals surface area contributed by atoms with E-state index in [0.29, 0.717) is 13.1 Å². The molecular formula is C18H20F3NO2. The van der Waals surface area contributed by atoms with Gasteiger partial charge in [0.25, 0.3) is 0 Å². The molecule has 0 saturated heterocycles. The summed E-state index contributed by atoms with van der Waals surface area (Å²) in [6.45, 7) is 0.954. The highest BCUT2D eigenvalue weighted by Crippen LogP contribution is 2.31. The number of nitrogens with zero attached hydrogens (tertiary/aromatic N) is 1. The van der Waals surface area contributed by atoms with Crippen LogP contribution in [0.3, 0.4) is 0 Å². The molecule has 6 heteroatoms. The number of alkyl halides is 3.